The van der Waals surface area contributed by atoms with Crippen LogP contribution in [0.2, 0.25) is 0 Å². The van der Waals surface area contributed by atoms with Gasteiger partial charge in [0.15, 0.2) is 0 Å². The van der Waals surface area contributed by atoms with Gasteiger partial charge in [-0.1, -0.05) is 42.0 Å². The fourth-order valence-electron chi connectivity index (χ4n) is 2.95. The Morgan fingerprint density at radius 1 is 1.00 bits per heavy atom. The Balaban J connectivity index is 1.86. The van der Waals surface area contributed by atoms with E-state index in [0.717, 1.165) is 16.7 Å². The number of rotatable bonds is 9. The molecule has 0 saturated carbocycles. The number of sulfonamides is 1. The van der Waals surface area contributed by atoms with Crippen LogP contribution in [0.4, 0.5) is 0 Å². The van der Waals surface area contributed by atoms with Crippen LogP contribution >= 0.6 is 0 Å². The molecule has 0 heterocycles. The maximum Gasteiger partial charge on any atom is 0.241 e. The van der Waals surface area contributed by atoms with Crippen LogP contribution in [0.15, 0.2) is 53.4 Å². The monoisotopic (exact) mass is 403 g/mol. The number of hydrogen-bond acceptors (Lipinski definition) is 4. The van der Waals surface area contributed by atoms with E-state index in [0.29, 0.717) is 13.0 Å². The van der Waals surface area contributed by atoms with Gasteiger partial charge in [0.25, 0.3) is 0 Å². The van der Waals surface area contributed by atoms with E-state index in [4.69, 9.17) is 0 Å². The average molecular weight is 404 g/mol. The molecule has 1 unspecified atom stereocenters. The molecular weight excluding hydrogens is 374 g/mol. The Hall–Kier alpha value is -2.22. The minimum Gasteiger partial charge on any atom is -0.354 e. The van der Waals surface area contributed by atoms with Crippen LogP contribution in [0.5, 0.6) is 0 Å². The van der Waals surface area contributed by atoms with E-state index < -0.39 is 10.0 Å². The topological polar surface area (TPSA) is 78.5 Å². The SMILES string of the molecule is Cc1ccc(S(=O)(=O)NCCCNC(=O)C(c2ccccc2C)N(C)C)cc1. The van der Waals surface area contributed by atoms with Crippen LogP contribution in [-0.4, -0.2) is 46.4 Å². The summed E-state index contributed by atoms with van der Waals surface area (Å²) in [4.78, 5) is 14.8. The molecule has 2 rings (SSSR count). The van der Waals surface area contributed by atoms with Gasteiger partial charge in [0.1, 0.15) is 6.04 Å². The summed E-state index contributed by atoms with van der Waals surface area (Å²) in [6.45, 7) is 4.54. The zero-order valence-electron chi connectivity index (χ0n) is 16.9. The highest BCUT2D eigenvalue weighted by Crippen LogP contribution is 2.21. The van der Waals surface area contributed by atoms with Crippen LogP contribution in [0, 0.1) is 13.8 Å². The lowest BCUT2D eigenvalue weighted by atomic mass is 10.00. The Labute approximate surface area is 168 Å². The quantitative estimate of drug-likeness (QED) is 0.630. The third-order valence-corrected chi connectivity index (χ3v) is 6.00. The van der Waals surface area contributed by atoms with Crippen molar-refractivity contribution in [2.75, 3.05) is 27.2 Å². The van der Waals surface area contributed by atoms with Crippen LogP contribution in [0.25, 0.3) is 0 Å². The predicted molar refractivity (Wildman–Crippen MR) is 112 cm³/mol. The van der Waals surface area contributed by atoms with E-state index in [1.54, 1.807) is 24.3 Å². The number of amides is 1. The molecule has 0 fully saturated rings. The second kappa shape index (κ2) is 9.82. The third-order valence-electron chi connectivity index (χ3n) is 4.52. The summed E-state index contributed by atoms with van der Waals surface area (Å²) in [6, 6.07) is 14.1. The van der Waals surface area contributed by atoms with Crippen LogP contribution in [0.3, 0.4) is 0 Å². The van der Waals surface area contributed by atoms with Crippen molar-refractivity contribution in [2.45, 2.75) is 31.2 Å². The Morgan fingerprint density at radius 3 is 2.25 bits per heavy atom. The average Bonchev–Trinajstić information content (AvgIpc) is 2.63. The zero-order chi connectivity index (χ0) is 20.7. The molecule has 1 amide bonds. The van der Waals surface area contributed by atoms with E-state index in [1.807, 2.05) is 57.1 Å². The Morgan fingerprint density at radius 2 is 1.64 bits per heavy atom. The molecule has 0 aliphatic rings. The minimum atomic E-state index is -3.53. The van der Waals surface area contributed by atoms with Gasteiger partial charge in [-0.25, -0.2) is 13.1 Å². The molecule has 0 saturated heterocycles. The van der Waals surface area contributed by atoms with Gasteiger partial charge in [-0.2, -0.15) is 0 Å². The number of carbonyl (C=O) groups is 1. The Kier molecular flexibility index (Phi) is 7.74. The molecule has 28 heavy (non-hydrogen) atoms. The maximum absolute atomic E-state index is 12.7. The van der Waals surface area contributed by atoms with Gasteiger partial charge in [0, 0.05) is 13.1 Å². The lowest BCUT2D eigenvalue weighted by Crippen LogP contribution is -2.38. The van der Waals surface area contributed by atoms with E-state index in [1.165, 1.54) is 0 Å². The molecule has 0 aliphatic carbocycles. The molecule has 2 aromatic rings. The number of carbonyl (C=O) groups excluding carboxylic acids is 1. The van der Waals surface area contributed by atoms with E-state index >= 15 is 0 Å². The van der Waals surface area contributed by atoms with Crippen molar-refractivity contribution in [1.29, 1.82) is 0 Å². The lowest BCUT2D eigenvalue weighted by molar-refractivity contribution is -0.125. The fraction of sp³-hybridized carbons (Fsp3) is 0.381. The van der Waals surface area contributed by atoms with Crippen LogP contribution < -0.4 is 10.0 Å². The molecule has 0 aromatic heterocycles. The smallest absolute Gasteiger partial charge is 0.241 e. The molecule has 7 heteroatoms. The van der Waals surface area contributed by atoms with Gasteiger partial charge in [0.2, 0.25) is 15.9 Å². The Bertz CT molecular complexity index is 893. The summed E-state index contributed by atoms with van der Waals surface area (Å²) >= 11 is 0. The van der Waals surface area contributed by atoms with E-state index in [-0.39, 0.29) is 23.4 Å². The zero-order valence-corrected chi connectivity index (χ0v) is 17.7. The molecule has 152 valence electrons. The first-order chi connectivity index (χ1) is 13.2. The third kappa shape index (κ3) is 5.89. The number of nitrogens with zero attached hydrogens (tertiary/aromatic N) is 1. The second-order valence-electron chi connectivity index (χ2n) is 7.08. The summed E-state index contributed by atoms with van der Waals surface area (Å²) in [5, 5.41) is 2.91. The van der Waals surface area contributed by atoms with Crippen molar-refractivity contribution in [3.05, 3.63) is 65.2 Å². The van der Waals surface area contributed by atoms with Crippen LogP contribution in [0.1, 0.15) is 29.2 Å². The summed E-state index contributed by atoms with van der Waals surface area (Å²) in [7, 11) is 0.208. The van der Waals surface area contributed by atoms with Crippen molar-refractivity contribution in [3.8, 4) is 0 Å². The first-order valence-corrected chi connectivity index (χ1v) is 10.8. The number of benzene rings is 2. The summed E-state index contributed by atoms with van der Waals surface area (Å²) in [5.74, 6) is -0.0966. The van der Waals surface area contributed by atoms with E-state index in [2.05, 4.69) is 10.0 Å². The highest BCUT2D eigenvalue weighted by atomic mass is 32.2. The van der Waals surface area contributed by atoms with Crippen molar-refractivity contribution < 1.29 is 13.2 Å². The highest BCUT2D eigenvalue weighted by molar-refractivity contribution is 7.89. The first kappa shape index (κ1) is 22.1. The molecule has 0 bridgehead atoms. The summed E-state index contributed by atoms with van der Waals surface area (Å²) in [6.07, 6.45) is 0.505. The number of likely N-dealkylation sites (N-methyl/N-ethyl adjacent to an activating group) is 1. The van der Waals surface area contributed by atoms with Gasteiger partial charge in [0.05, 0.1) is 4.90 Å². The number of nitrogens with one attached hydrogen (secondary N) is 2. The van der Waals surface area contributed by atoms with Gasteiger partial charge in [-0.05, 0) is 57.6 Å². The van der Waals surface area contributed by atoms with Gasteiger partial charge < -0.3 is 5.32 Å². The number of aryl methyl sites for hydroxylation is 2. The molecule has 1 atom stereocenters. The molecule has 0 radical (unpaired) electrons. The van der Waals surface area contributed by atoms with E-state index in [9.17, 15) is 13.2 Å². The molecule has 6 nitrogen and oxygen atoms in total. The molecule has 2 aromatic carbocycles. The van der Waals surface area contributed by atoms with Crippen LogP contribution in [-0.2, 0) is 14.8 Å². The second-order valence-corrected chi connectivity index (χ2v) is 8.85. The summed E-state index contributed by atoms with van der Waals surface area (Å²) < 4.78 is 27.1. The van der Waals surface area contributed by atoms with Crippen molar-refractivity contribution in [3.63, 3.8) is 0 Å². The first-order valence-electron chi connectivity index (χ1n) is 9.28. The molecular formula is C21H29N3O3S. The predicted octanol–water partition coefficient (Wildman–Crippen LogP) is 2.39. The highest BCUT2D eigenvalue weighted by Gasteiger charge is 2.23. The lowest BCUT2D eigenvalue weighted by Gasteiger charge is -2.25. The summed E-state index contributed by atoms with van der Waals surface area (Å²) in [5.41, 5.74) is 3.03. The maximum atomic E-state index is 12.7. The van der Waals surface area contributed by atoms with Gasteiger partial charge in [-0.3, -0.25) is 9.69 Å². The molecule has 0 aliphatic heterocycles. The molecule has 2 N–H and O–H groups in total. The van der Waals surface area contributed by atoms with Crippen molar-refractivity contribution in [2.24, 2.45) is 0 Å². The van der Waals surface area contributed by atoms with Gasteiger partial charge in [-0.15, -0.1) is 0 Å². The van der Waals surface area contributed by atoms with Crippen molar-refractivity contribution >= 4 is 15.9 Å². The fourth-order valence-corrected chi connectivity index (χ4v) is 4.03. The van der Waals surface area contributed by atoms with Crippen molar-refractivity contribution in [1.82, 2.24) is 14.9 Å². The number of hydrogen-bond donors (Lipinski definition) is 2. The normalized spacial score (nSPS) is 12.8. The molecule has 0 spiro atoms. The van der Waals surface area contributed by atoms with Gasteiger partial charge >= 0.3 is 0 Å². The standard InChI is InChI=1S/C21H29N3O3S/c1-16-10-12-18(13-11-16)28(26,27)23-15-7-14-22-21(25)20(24(3)4)19-9-6-5-8-17(19)2/h5-6,8-13,20,23H,7,14-15H2,1-4H3,(H,22,25). The largest absolute Gasteiger partial charge is 0.354 e. The minimum absolute atomic E-state index is 0.0966.